The van der Waals surface area contributed by atoms with E-state index in [4.69, 9.17) is 19.3 Å². The van der Waals surface area contributed by atoms with Gasteiger partial charge in [-0.25, -0.2) is 4.57 Å². The fourth-order valence-corrected chi connectivity index (χ4v) is 6.14. The van der Waals surface area contributed by atoms with Gasteiger partial charge in [0.25, 0.3) is 0 Å². The lowest BCUT2D eigenvalue weighted by Crippen LogP contribution is -2.29. The Morgan fingerprint density at radius 1 is 0.521 bits per heavy atom. The smallest absolute Gasteiger partial charge is 0.462 e. The van der Waals surface area contributed by atoms with Crippen LogP contribution in [0.25, 0.3) is 0 Å². The van der Waals surface area contributed by atoms with Crippen LogP contribution in [0.1, 0.15) is 206 Å². The third-order valence-corrected chi connectivity index (χ3v) is 9.27. The lowest BCUT2D eigenvalue weighted by Gasteiger charge is -2.18. The quantitative estimate of drug-likeness (QED) is 0.0284. The summed E-state index contributed by atoms with van der Waals surface area (Å²) < 4.78 is 26.3. The lowest BCUT2D eigenvalue weighted by molar-refractivity contribution is -0.161. The first-order valence-electron chi connectivity index (χ1n) is 20.0. The van der Waals surface area contributed by atoms with Crippen molar-refractivity contribution in [2.75, 3.05) is 13.2 Å². The first-order chi connectivity index (χ1) is 23.3. The van der Waals surface area contributed by atoms with Crippen LogP contribution in [-0.2, 0) is 28.2 Å². The van der Waals surface area contributed by atoms with Crippen molar-refractivity contribution in [3.63, 3.8) is 0 Å². The molecule has 0 aliphatic carbocycles. The first-order valence-corrected chi connectivity index (χ1v) is 21.5. The molecule has 0 radical (unpaired) electrons. The van der Waals surface area contributed by atoms with Crippen molar-refractivity contribution in [2.45, 2.75) is 213 Å². The fourth-order valence-electron chi connectivity index (χ4n) is 5.78. The van der Waals surface area contributed by atoms with Crippen LogP contribution < -0.4 is 0 Å². The van der Waals surface area contributed by atoms with Gasteiger partial charge in [0.2, 0.25) is 0 Å². The van der Waals surface area contributed by atoms with Crippen LogP contribution in [0.5, 0.6) is 0 Å². The first kappa shape index (κ1) is 46.8. The molecule has 0 bridgehead atoms. The van der Waals surface area contributed by atoms with Crippen LogP contribution in [0.3, 0.4) is 0 Å². The van der Waals surface area contributed by atoms with Crippen LogP contribution >= 0.6 is 7.82 Å². The molecule has 0 saturated carbocycles. The number of allylic oxidation sites excluding steroid dienone is 2. The summed E-state index contributed by atoms with van der Waals surface area (Å²) in [6.07, 6.45) is 37.9. The Hall–Kier alpha value is -1.21. The molecule has 8 nitrogen and oxygen atoms in total. The highest BCUT2D eigenvalue weighted by Gasteiger charge is 2.22. The molecule has 1 atom stereocenters. The molecule has 0 fully saturated rings. The van der Waals surface area contributed by atoms with E-state index in [-0.39, 0.29) is 19.4 Å². The number of hydrogen-bond donors (Lipinski definition) is 2. The highest BCUT2D eigenvalue weighted by atomic mass is 31.2. The van der Waals surface area contributed by atoms with Gasteiger partial charge < -0.3 is 19.3 Å². The minimum Gasteiger partial charge on any atom is -0.462 e. The van der Waals surface area contributed by atoms with Crippen molar-refractivity contribution in [1.82, 2.24) is 0 Å². The van der Waals surface area contributed by atoms with Gasteiger partial charge in [0, 0.05) is 12.8 Å². The molecule has 0 heterocycles. The Labute approximate surface area is 295 Å². The SMILES string of the molecule is CCCCCCCC/C=C/CCCCCC(=O)O[C@H](COC(=O)CCCCCCCCCCCCCCCCCCC)COP(=O)(O)O. The van der Waals surface area contributed by atoms with Crippen LogP contribution in [0.15, 0.2) is 12.2 Å². The van der Waals surface area contributed by atoms with E-state index in [1.165, 1.54) is 128 Å². The number of carbonyl (C=O) groups excluding carboxylic acids is 2. The third kappa shape index (κ3) is 37.6. The van der Waals surface area contributed by atoms with Crippen molar-refractivity contribution < 1.29 is 37.9 Å². The zero-order valence-electron chi connectivity index (χ0n) is 31.2. The van der Waals surface area contributed by atoms with E-state index in [2.05, 4.69) is 30.5 Å². The van der Waals surface area contributed by atoms with Gasteiger partial charge in [-0.05, 0) is 38.5 Å². The van der Waals surface area contributed by atoms with Crippen molar-refractivity contribution in [3.05, 3.63) is 12.2 Å². The molecular formula is C39H75O8P. The molecule has 0 aromatic rings. The molecular weight excluding hydrogens is 627 g/mol. The molecule has 284 valence electrons. The number of esters is 2. The number of hydrogen-bond acceptors (Lipinski definition) is 6. The molecule has 0 aliphatic rings. The van der Waals surface area contributed by atoms with E-state index in [9.17, 15) is 14.2 Å². The average Bonchev–Trinajstić information content (AvgIpc) is 3.05. The predicted octanol–water partition coefficient (Wildman–Crippen LogP) is 11.8. The second-order valence-corrected chi connectivity index (χ2v) is 14.9. The van der Waals surface area contributed by atoms with Gasteiger partial charge >= 0.3 is 19.8 Å². The zero-order valence-corrected chi connectivity index (χ0v) is 32.0. The lowest BCUT2D eigenvalue weighted by atomic mass is 10.0. The summed E-state index contributed by atoms with van der Waals surface area (Å²) in [5, 5.41) is 0. The molecule has 0 saturated heterocycles. The number of unbranched alkanes of at least 4 members (excludes halogenated alkanes) is 25. The van der Waals surface area contributed by atoms with E-state index in [0.29, 0.717) is 6.42 Å². The minimum atomic E-state index is -4.75. The number of rotatable bonds is 37. The Bertz CT molecular complexity index is 797. The fraction of sp³-hybridized carbons (Fsp3) is 0.897. The van der Waals surface area contributed by atoms with E-state index in [0.717, 1.165) is 44.9 Å². The standard InChI is InChI=1S/C39H75O8P/c1-3-5-7-9-11-13-15-17-18-19-20-22-23-25-27-29-31-33-38(40)45-35-37(36-46-48(42,43)44)47-39(41)34-32-30-28-26-24-21-16-14-12-10-8-6-4-2/h21,24,37H,3-20,22-23,25-36H2,1-2H3,(H2,42,43,44)/b24-21+/t37-/m1/s1. The Morgan fingerprint density at radius 2 is 0.875 bits per heavy atom. The van der Waals surface area contributed by atoms with E-state index >= 15 is 0 Å². The van der Waals surface area contributed by atoms with Crippen molar-refractivity contribution in [3.8, 4) is 0 Å². The summed E-state index contributed by atoms with van der Waals surface area (Å²) in [6, 6.07) is 0. The highest BCUT2D eigenvalue weighted by Crippen LogP contribution is 2.36. The van der Waals surface area contributed by atoms with Crippen LogP contribution in [0.2, 0.25) is 0 Å². The summed E-state index contributed by atoms with van der Waals surface area (Å²) in [5.74, 6) is -0.894. The number of phosphoric ester groups is 1. The highest BCUT2D eigenvalue weighted by molar-refractivity contribution is 7.46. The molecule has 0 amide bonds. The predicted molar refractivity (Wildman–Crippen MR) is 198 cm³/mol. The zero-order chi connectivity index (χ0) is 35.4. The summed E-state index contributed by atoms with van der Waals surface area (Å²) in [4.78, 5) is 42.7. The maximum Gasteiger partial charge on any atom is 0.469 e. The molecule has 0 aromatic carbocycles. The number of phosphoric acid groups is 1. The normalized spacial score (nSPS) is 12.5. The molecule has 0 unspecified atom stereocenters. The van der Waals surface area contributed by atoms with Gasteiger partial charge in [-0.3, -0.25) is 14.1 Å². The topological polar surface area (TPSA) is 119 Å². The van der Waals surface area contributed by atoms with Crippen molar-refractivity contribution in [2.24, 2.45) is 0 Å². The minimum absolute atomic E-state index is 0.196. The summed E-state index contributed by atoms with van der Waals surface area (Å²) >= 11 is 0. The average molecular weight is 703 g/mol. The molecule has 0 aromatic heterocycles. The maximum absolute atomic E-state index is 12.3. The Balaban J connectivity index is 3.91. The second-order valence-electron chi connectivity index (χ2n) is 13.6. The maximum atomic E-state index is 12.3. The van der Waals surface area contributed by atoms with Crippen molar-refractivity contribution in [1.29, 1.82) is 0 Å². The molecule has 2 N–H and O–H groups in total. The molecule has 48 heavy (non-hydrogen) atoms. The van der Waals surface area contributed by atoms with Crippen LogP contribution in [0.4, 0.5) is 0 Å². The van der Waals surface area contributed by atoms with Gasteiger partial charge in [0.15, 0.2) is 6.10 Å². The Morgan fingerprint density at radius 3 is 1.29 bits per heavy atom. The molecule has 9 heteroatoms. The van der Waals surface area contributed by atoms with E-state index in [1.807, 2.05) is 0 Å². The second kappa shape index (κ2) is 35.6. The number of carbonyl (C=O) groups is 2. The summed E-state index contributed by atoms with van der Waals surface area (Å²) in [6.45, 7) is 3.68. The number of ether oxygens (including phenoxy) is 2. The largest absolute Gasteiger partial charge is 0.469 e. The van der Waals surface area contributed by atoms with Crippen LogP contribution in [-0.4, -0.2) is 41.0 Å². The molecule has 0 aliphatic heterocycles. The molecule has 0 spiro atoms. The summed E-state index contributed by atoms with van der Waals surface area (Å²) in [7, 11) is -4.75. The van der Waals surface area contributed by atoms with Crippen molar-refractivity contribution >= 4 is 19.8 Å². The van der Waals surface area contributed by atoms with Gasteiger partial charge in [0.1, 0.15) is 6.61 Å². The van der Waals surface area contributed by atoms with Gasteiger partial charge in [0.05, 0.1) is 6.61 Å². The van der Waals surface area contributed by atoms with Gasteiger partial charge in [-0.1, -0.05) is 167 Å². The van der Waals surface area contributed by atoms with Gasteiger partial charge in [-0.15, -0.1) is 0 Å². The van der Waals surface area contributed by atoms with E-state index in [1.54, 1.807) is 0 Å². The Kier molecular flexibility index (Phi) is 34.7. The van der Waals surface area contributed by atoms with E-state index < -0.39 is 32.5 Å². The van der Waals surface area contributed by atoms with Gasteiger partial charge in [-0.2, -0.15) is 0 Å². The summed E-state index contributed by atoms with van der Waals surface area (Å²) in [5.41, 5.74) is 0. The van der Waals surface area contributed by atoms with Crippen LogP contribution in [0, 0.1) is 0 Å². The monoisotopic (exact) mass is 703 g/mol. The third-order valence-electron chi connectivity index (χ3n) is 8.78. The molecule has 0 rings (SSSR count).